The van der Waals surface area contributed by atoms with Crippen molar-refractivity contribution < 1.29 is 9.53 Å². The number of ether oxygens (including phenoxy) is 1. The summed E-state index contributed by atoms with van der Waals surface area (Å²) in [6.45, 7) is 7.87. The Labute approximate surface area is 221 Å². The molecule has 0 aliphatic carbocycles. The molecule has 5 rings (SSSR count). The zero-order chi connectivity index (χ0) is 25.9. The second-order valence-electron chi connectivity index (χ2n) is 9.74. The number of nitrogens with two attached hydrogens (primary N) is 1. The van der Waals surface area contributed by atoms with Gasteiger partial charge in [-0.25, -0.2) is 0 Å². The fourth-order valence-electron chi connectivity index (χ4n) is 5.35. The van der Waals surface area contributed by atoms with Crippen molar-refractivity contribution in [2.45, 2.75) is 50.3 Å². The highest BCUT2D eigenvalue weighted by atomic mass is 32.2. The molecule has 0 saturated carbocycles. The molecule has 5 N–H and O–H groups in total. The third kappa shape index (κ3) is 5.40. The van der Waals surface area contributed by atoms with Crippen LogP contribution in [0.3, 0.4) is 0 Å². The molecule has 9 nitrogen and oxygen atoms in total. The van der Waals surface area contributed by atoms with Gasteiger partial charge in [-0.05, 0) is 86.5 Å². The highest BCUT2D eigenvalue weighted by molar-refractivity contribution is 8.03. The number of hydrogen-bond donors (Lipinski definition) is 4. The van der Waals surface area contributed by atoms with Crippen LogP contribution in [0, 0.1) is 6.92 Å². The number of nitrogens with one attached hydrogen (secondary N) is 3. The molecule has 0 bridgehead atoms. The van der Waals surface area contributed by atoms with Gasteiger partial charge in [0.15, 0.2) is 0 Å². The molecule has 3 aromatic rings. The van der Waals surface area contributed by atoms with E-state index < -0.39 is 0 Å². The molecule has 2 aliphatic rings. The molecular weight excluding hydrogens is 486 g/mol. The number of aromatic nitrogens is 3. The Morgan fingerprint density at radius 3 is 2.84 bits per heavy atom. The quantitative estimate of drug-likeness (QED) is 0.325. The number of benzene rings is 1. The Balaban J connectivity index is 1.39. The van der Waals surface area contributed by atoms with Crippen molar-refractivity contribution in [2.24, 2.45) is 5.73 Å². The van der Waals surface area contributed by atoms with Gasteiger partial charge in [-0.15, -0.1) is 11.8 Å². The summed E-state index contributed by atoms with van der Waals surface area (Å²) in [5.41, 5.74) is 9.68. The van der Waals surface area contributed by atoms with Gasteiger partial charge in [-0.1, -0.05) is 13.0 Å². The number of piperidine rings is 1. The van der Waals surface area contributed by atoms with Crippen molar-refractivity contribution in [1.29, 1.82) is 0 Å². The SMILES string of the molecule is CCCN1CCC(c2cc(OC)c(Nc3nc(NC4C=CSC4C(N)=O)c4cc[nH]c4n3)cc2C)CC1. The number of primary amides is 1. The molecule has 0 radical (unpaired) electrons. The van der Waals surface area contributed by atoms with Gasteiger partial charge in [0, 0.05) is 6.20 Å². The lowest BCUT2D eigenvalue weighted by atomic mass is 9.86. The predicted molar refractivity (Wildman–Crippen MR) is 151 cm³/mol. The Kier molecular flexibility index (Phi) is 7.57. The summed E-state index contributed by atoms with van der Waals surface area (Å²) in [5, 5.41) is 9.10. The van der Waals surface area contributed by atoms with E-state index in [-0.39, 0.29) is 17.2 Å². The maximum absolute atomic E-state index is 11.9. The van der Waals surface area contributed by atoms with Crippen LogP contribution < -0.4 is 21.1 Å². The van der Waals surface area contributed by atoms with E-state index in [1.54, 1.807) is 7.11 Å². The minimum Gasteiger partial charge on any atom is -0.495 e. The molecule has 37 heavy (non-hydrogen) atoms. The van der Waals surface area contributed by atoms with Gasteiger partial charge < -0.3 is 31.0 Å². The molecule has 1 fully saturated rings. The van der Waals surface area contributed by atoms with Crippen LogP contribution in [0.2, 0.25) is 0 Å². The summed E-state index contributed by atoms with van der Waals surface area (Å²) >= 11 is 1.41. The zero-order valence-electron chi connectivity index (χ0n) is 21.6. The highest BCUT2D eigenvalue weighted by Gasteiger charge is 2.29. The maximum atomic E-state index is 11.9. The number of amides is 1. The van der Waals surface area contributed by atoms with Crippen LogP contribution in [0.5, 0.6) is 5.75 Å². The first kappa shape index (κ1) is 25.4. The van der Waals surface area contributed by atoms with Crippen molar-refractivity contribution in [1.82, 2.24) is 19.9 Å². The van der Waals surface area contributed by atoms with E-state index in [4.69, 9.17) is 15.5 Å². The molecular formula is C27H35N7O2S. The summed E-state index contributed by atoms with van der Waals surface area (Å²) < 4.78 is 5.80. The Hall–Kier alpha value is -3.24. The number of carbonyl (C=O) groups excluding carboxylic acids is 1. The fraction of sp³-hybridized carbons (Fsp3) is 0.444. The number of likely N-dealkylation sites (tertiary alicyclic amines) is 1. The number of anilines is 3. The van der Waals surface area contributed by atoms with E-state index in [2.05, 4.69) is 51.5 Å². The maximum Gasteiger partial charge on any atom is 0.233 e. The molecule has 1 aromatic carbocycles. The van der Waals surface area contributed by atoms with Gasteiger partial charge in [0.1, 0.15) is 22.5 Å². The first-order valence-electron chi connectivity index (χ1n) is 12.9. The molecule has 196 valence electrons. The zero-order valence-corrected chi connectivity index (χ0v) is 22.4. The lowest BCUT2D eigenvalue weighted by molar-refractivity contribution is -0.117. The number of rotatable bonds is 9. The van der Waals surface area contributed by atoms with Gasteiger partial charge in [0.2, 0.25) is 11.9 Å². The third-order valence-corrected chi connectivity index (χ3v) is 8.37. The molecule has 10 heteroatoms. The van der Waals surface area contributed by atoms with Crippen LogP contribution in [0.15, 0.2) is 35.9 Å². The number of aryl methyl sites for hydroxylation is 1. The average Bonchev–Trinajstić information content (AvgIpc) is 3.55. The Bertz CT molecular complexity index is 1300. The van der Waals surface area contributed by atoms with Crippen LogP contribution in [-0.2, 0) is 4.79 Å². The Morgan fingerprint density at radius 2 is 2.11 bits per heavy atom. The number of H-pyrrole nitrogens is 1. The first-order chi connectivity index (χ1) is 18.0. The number of nitrogens with zero attached hydrogens (tertiary/aromatic N) is 3. The lowest BCUT2D eigenvalue weighted by Gasteiger charge is -2.33. The fourth-order valence-corrected chi connectivity index (χ4v) is 6.24. The topological polar surface area (TPSA) is 121 Å². The minimum absolute atomic E-state index is 0.247. The van der Waals surface area contributed by atoms with Crippen LogP contribution in [0.4, 0.5) is 17.5 Å². The number of thioether (sulfide) groups is 1. The smallest absolute Gasteiger partial charge is 0.233 e. The van der Waals surface area contributed by atoms with Crippen molar-refractivity contribution in [3.8, 4) is 5.75 Å². The van der Waals surface area contributed by atoms with Crippen molar-refractivity contribution in [2.75, 3.05) is 37.4 Å². The van der Waals surface area contributed by atoms with E-state index in [1.807, 2.05) is 23.7 Å². The summed E-state index contributed by atoms with van der Waals surface area (Å²) in [5.74, 6) is 2.00. The number of aromatic amines is 1. The lowest BCUT2D eigenvalue weighted by Crippen LogP contribution is -2.37. The van der Waals surface area contributed by atoms with Gasteiger partial charge in [0.05, 0.1) is 24.2 Å². The second-order valence-corrected chi connectivity index (χ2v) is 10.8. The molecule has 2 atom stereocenters. The summed E-state index contributed by atoms with van der Waals surface area (Å²) in [7, 11) is 1.69. The van der Waals surface area contributed by atoms with Gasteiger partial charge in [-0.3, -0.25) is 4.79 Å². The van der Waals surface area contributed by atoms with E-state index in [9.17, 15) is 4.79 Å². The van der Waals surface area contributed by atoms with Gasteiger partial charge in [0.25, 0.3) is 0 Å². The Morgan fingerprint density at radius 1 is 1.30 bits per heavy atom. The van der Waals surface area contributed by atoms with Crippen LogP contribution in [0.1, 0.15) is 43.2 Å². The van der Waals surface area contributed by atoms with Crippen molar-refractivity contribution in [3.63, 3.8) is 0 Å². The normalized spacial score (nSPS) is 20.4. The molecule has 2 aromatic heterocycles. The average molecular weight is 522 g/mol. The van der Waals surface area contributed by atoms with Gasteiger partial charge >= 0.3 is 0 Å². The summed E-state index contributed by atoms with van der Waals surface area (Å²) in [4.78, 5) is 27.0. The minimum atomic E-state index is -0.385. The second kappa shape index (κ2) is 11.0. The number of hydrogen-bond acceptors (Lipinski definition) is 8. The van der Waals surface area contributed by atoms with E-state index in [0.29, 0.717) is 23.3 Å². The van der Waals surface area contributed by atoms with Crippen molar-refractivity contribution >= 4 is 46.2 Å². The van der Waals surface area contributed by atoms with E-state index in [1.165, 1.54) is 48.7 Å². The van der Waals surface area contributed by atoms with Crippen LogP contribution in [0.25, 0.3) is 11.0 Å². The van der Waals surface area contributed by atoms with Crippen LogP contribution in [-0.4, -0.2) is 63.8 Å². The number of methoxy groups -OCH3 is 1. The van der Waals surface area contributed by atoms with Crippen LogP contribution >= 0.6 is 11.8 Å². The monoisotopic (exact) mass is 521 g/mol. The predicted octanol–water partition coefficient (Wildman–Crippen LogP) is 4.50. The number of fused-ring (bicyclic) bond motifs is 1. The molecule has 1 amide bonds. The van der Waals surface area contributed by atoms with Gasteiger partial charge in [-0.2, -0.15) is 9.97 Å². The summed E-state index contributed by atoms with van der Waals surface area (Å²) in [6, 6.07) is 5.96. The standard InChI is InChI=1S/C27H35N7O2S/c1-4-10-34-11-6-17(7-12-34)19-15-22(36-3)21(14-16(19)2)31-27-32-25-18(5-9-29-25)26(33-27)30-20-8-13-37-23(20)24(28)35/h5,8-9,13-15,17,20,23H,4,6-7,10-12H2,1-3H3,(H2,28,35)(H3,29,30,31,32,33). The molecule has 1 saturated heterocycles. The first-order valence-corrected chi connectivity index (χ1v) is 13.8. The molecule has 2 aliphatic heterocycles. The molecule has 0 spiro atoms. The largest absolute Gasteiger partial charge is 0.495 e. The van der Waals surface area contributed by atoms with Crippen molar-refractivity contribution in [3.05, 3.63) is 47.0 Å². The third-order valence-electron chi connectivity index (χ3n) is 7.24. The van der Waals surface area contributed by atoms with E-state index in [0.717, 1.165) is 29.9 Å². The number of carbonyl (C=O) groups is 1. The molecule has 2 unspecified atom stereocenters. The summed E-state index contributed by atoms with van der Waals surface area (Å²) in [6.07, 6.45) is 7.29. The molecule has 4 heterocycles. The van der Waals surface area contributed by atoms with E-state index >= 15 is 0 Å². The highest BCUT2D eigenvalue weighted by Crippen LogP contribution is 2.38.